The van der Waals surface area contributed by atoms with E-state index in [0.717, 1.165) is 19.4 Å². The van der Waals surface area contributed by atoms with E-state index in [1.165, 1.54) is 0 Å². The maximum Gasteiger partial charge on any atom is 0.319 e. The van der Waals surface area contributed by atoms with Gasteiger partial charge >= 0.3 is 6.03 Å². The molecule has 0 aromatic carbocycles. The monoisotopic (exact) mass is 171 g/mol. The van der Waals surface area contributed by atoms with Gasteiger partial charge in [-0.05, 0) is 19.4 Å². The van der Waals surface area contributed by atoms with Crippen LogP contribution in [-0.2, 0) is 0 Å². The van der Waals surface area contributed by atoms with Gasteiger partial charge in [0.1, 0.15) is 0 Å². The Hall–Kier alpha value is -0.770. The smallest absolute Gasteiger partial charge is 0.319 e. The molecule has 2 N–H and O–H groups in total. The van der Waals surface area contributed by atoms with Crippen molar-refractivity contribution >= 4 is 6.03 Å². The van der Waals surface area contributed by atoms with Gasteiger partial charge in [0.15, 0.2) is 0 Å². The molecule has 1 rings (SSSR count). The molecule has 1 aliphatic heterocycles. The second-order valence-corrected chi connectivity index (χ2v) is 3.39. The van der Waals surface area contributed by atoms with E-state index < -0.39 is 0 Å². The Morgan fingerprint density at radius 1 is 1.67 bits per heavy atom. The van der Waals surface area contributed by atoms with Gasteiger partial charge < -0.3 is 15.5 Å². The van der Waals surface area contributed by atoms with Crippen molar-refractivity contribution in [2.75, 3.05) is 27.2 Å². The molecule has 1 heterocycles. The van der Waals surface area contributed by atoms with E-state index >= 15 is 0 Å². The summed E-state index contributed by atoms with van der Waals surface area (Å²) in [5.41, 5.74) is 5.43. The molecule has 0 aromatic heterocycles. The zero-order valence-corrected chi connectivity index (χ0v) is 7.79. The van der Waals surface area contributed by atoms with Crippen LogP contribution >= 0.6 is 0 Å². The Bertz CT molecular complexity index is 170. The predicted molar refractivity (Wildman–Crippen MR) is 47.9 cm³/mol. The topological polar surface area (TPSA) is 49.6 Å². The molecule has 1 fully saturated rings. The van der Waals surface area contributed by atoms with E-state index in [4.69, 9.17) is 5.73 Å². The number of nitrogens with zero attached hydrogens (tertiary/aromatic N) is 2. The molecule has 1 saturated heterocycles. The Morgan fingerprint density at radius 3 is 2.67 bits per heavy atom. The average molecular weight is 171 g/mol. The SMILES string of the molecule is CN(C)C(=O)N1CCC1CCN. The summed E-state index contributed by atoms with van der Waals surface area (Å²) >= 11 is 0. The van der Waals surface area contributed by atoms with E-state index in [0.29, 0.717) is 12.6 Å². The summed E-state index contributed by atoms with van der Waals surface area (Å²) in [4.78, 5) is 14.9. The second kappa shape index (κ2) is 3.76. The summed E-state index contributed by atoms with van der Waals surface area (Å²) in [6, 6.07) is 0.504. The van der Waals surface area contributed by atoms with Crippen molar-refractivity contribution in [3.05, 3.63) is 0 Å². The van der Waals surface area contributed by atoms with Crippen molar-refractivity contribution in [2.45, 2.75) is 18.9 Å². The van der Waals surface area contributed by atoms with Crippen LogP contribution in [-0.4, -0.2) is 49.1 Å². The molecule has 1 aliphatic rings. The molecule has 2 amide bonds. The predicted octanol–water partition coefficient (Wildman–Crippen LogP) is 0.0911. The lowest BCUT2D eigenvalue weighted by atomic mass is 10.0. The van der Waals surface area contributed by atoms with Gasteiger partial charge in [-0.15, -0.1) is 0 Å². The fourth-order valence-corrected chi connectivity index (χ4v) is 1.44. The number of likely N-dealkylation sites (tertiary alicyclic amines) is 1. The van der Waals surface area contributed by atoms with Crippen LogP contribution in [0.25, 0.3) is 0 Å². The highest BCUT2D eigenvalue weighted by Gasteiger charge is 2.31. The van der Waals surface area contributed by atoms with Gasteiger partial charge in [-0.1, -0.05) is 0 Å². The van der Waals surface area contributed by atoms with Crippen LogP contribution in [0.2, 0.25) is 0 Å². The third kappa shape index (κ3) is 1.69. The van der Waals surface area contributed by atoms with Crippen molar-refractivity contribution < 1.29 is 4.79 Å². The highest BCUT2D eigenvalue weighted by Crippen LogP contribution is 2.20. The molecule has 4 heteroatoms. The normalized spacial score (nSPS) is 21.9. The van der Waals surface area contributed by atoms with E-state index in [-0.39, 0.29) is 6.03 Å². The average Bonchev–Trinajstić information content (AvgIpc) is 1.98. The Kier molecular flexibility index (Phi) is 2.92. The van der Waals surface area contributed by atoms with Gasteiger partial charge in [0, 0.05) is 26.7 Å². The van der Waals surface area contributed by atoms with Crippen molar-refractivity contribution in [1.82, 2.24) is 9.80 Å². The molecule has 0 aliphatic carbocycles. The van der Waals surface area contributed by atoms with Crippen LogP contribution in [0.3, 0.4) is 0 Å². The summed E-state index contributed by atoms with van der Waals surface area (Å²) in [6.07, 6.45) is 2.04. The maximum atomic E-state index is 11.4. The molecular weight excluding hydrogens is 154 g/mol. The molecule has 0 saturated carbocycles. The van der Waals surface area contributed by atoms with E-state index in [2.05, 4.69) is 0 Å². The molecular formula is C8H17N3O. The molecule has 12 heavy (non-hydrogen) atoms. The van der Waals surface area contributed by atoms with Gasteiger partial charge in [0.05, 0.1) is 0 Å². The number of hydrogen-bond donors (Lipinski definition) is 1. The van der Waals surface area contributed by atoms with Gasteiger partial charge in [-0.2, -0.15) is 0 Å². The van der Waals surface area contributed by atoms with Crippen molar-refractivity contribution in [3.63, 3.8) is 0 Å². The van der Waals surface area contributed by atoms with E-state index in [9.17, 15) is 4.79 Å². The minimum absolute atomic E-state index is 0.111. The lowest BCUT2D eigenvalue weighted by Gasteiger charge is -2.42. The fraction of sp³-hybridized carbons (Fsp3) is 0.875. The van der Waals surface area contributed by atoms with Crippen LogP contribution < -0.4 is 5.73 Å². The van der Waals surface area contributed by atoms with Crippen molar-refractivity contribution in [3.8, 4) is 0 Å². The van der Waals surface area contributed by atoms with Crippen LogP contribution in [0.4, 0.5) is 4.79 Å². The highest BCUT2D eigenvalue weighted by molar-refractivity contribution is 5.75. The summed E-state index contributed by atoms with van der Waals surface area (Å²) in [5.74, 6) is 0. The number of carbonyl (C=O) groups excluding carboxylic acids is 1. The molecule has 0 aromatic rings. The lowest BCUT2D eigenvalue weighted by molar-refractivity contribution is 0.0920. The van der Waals surface area contributed by atoms with Gasteiger partial charge in [-0.3, -0.25) is 0 Å². The summed E-state index contributed by atoms with van der Waals surface area (Å²) in [7, 11) is 3.56. The van der Waals surface area contributed by atoms with Gasteiger partial charge in [0.25, 0.3) is 0 Å². The molecule has 1 unspecified atom stereocenters. The number of hydrogen-bond acceptors (Lipinski definition) is 2. The molecule has 0 spiro atoms. The molecule has 70 valence electrons. The molecule has 0 bridgehead atoms. The molecule has 0 radical (unpaired) electrons. The lowest BCUT2D eigenvalue weighted by Crippen LogP contribution is -2.54. The maximum absolute atomic E-state index is 11.4. The summed E-state index contributed by atoms with van der Waals surface area (Å²) in [5, 5.41) is 0. The first-order valence-corrected chi connectivity index (χ1v) is 4.34. The van der Waals surface area contributed by atoms with Crippen LogP contribution in [0.5, 0.6) is 0 Å². The first-order valence-electron chi connectivity index (χ1n) is 4.34. The summed E-state index contributed by atoms with van der Waals surface area (Å²) < 4.78 is 0. The number of rotatable bonds is 2. The zero-order chi connectivity index (χ0) is 9.14. The first kappa shape index (κ1) is 9.32. The van der Waals surface area contributed by atoms with Gasteiger partial charge in [0.2, 0.25) is 0 Å². The number of carbonyl (C=O) groups is 1. The number of amides is 2. The van der Waals surface area contributed by atoms with Crippen LogP contribution in [0.15, 0.2) is 0 Å². The number of urea groups is 1. The highest BCUT2D eigenvalue weighted by atomic mass is 16.2. The standard InChI is InChI=1S/C8H17N3O/c1-10(2)8(12)11-6-4-7(11)3-5-9/h7H,3-6,9H2,1-2H3. The Labute approximate surface area is 73.3 Å². The minimum atomic E-state index is 0.111. The van der Waals surface area contributed by atoms with E-state index in [1.54, 1.807) is 19.0 Å². The minimum Gasteiger partial charge on any atom is -0.331 e. The van der Waals surface area contributed by atoms with Crippen LogP contribution in [0, 0.1) is 0 Å². The van der Waals surface area contributed by atoms with Gasteiger partial charge in [-0.25, -0.2) is 4.79 Å². The largest absolute Gasteiger partial charge is 0.331 e. The Balaban J connectivity index is 2.38. The Morgan fingerprint density at radius 2 is 2.33 bits per heavy atom. The molecule has 4 nitrogen and oxygen atoms in total. The quantitative estimate of drug-likeness (QED) is 0.640. The third-order valence-electron chi connectivity index (χ3n) is 2.27. The van der Waals surface area contributed by atoms with E-state index in [1.807, 2.05) is 4.90 Å². The van der Waals surface area contributed by atoms with Crippen molar-refractivity contribution in [2.24, 2.45) is 5.73 Å². The van der Waals surface area contributed by atoms with Crippen molar-refractivity contribution in [1.29, 1.82) is 0 Å². The summed E-state index contributed by atoms with van der Waals surface area (Å²) in [6.45, 7) is 1.56. The zero-order valence-electron chi connectivity index (χ0n) is 7.79. The number of nitrogens with two attached hydrogens (primary N) is 1. The van der Waals surface area contributed by atoms with Crippen LogP contribution in [0.1, 0.15) is 12.8 Å². The molecule has 1 atom stereocenters. The first-order chi connectivity index (χ1) is 5.66. The fourth-order valence-electron chi connectivity index (χ4n) is 1.44. The third-order valence-corrected chi connectivity index (χ3v) is 2.27. The second-order valence-electron chi connectivity index (χ2n) is 3.39.